The number of methoxy groups -OCH3 is 3. The average Bonchev–Trinajstić information content (AvgIpc) is 3.22. The number of nitrogens with zero attached hydrogens (tertiary/aromatic N) is 1. The molecule has 0 fully saturated rings. The molecule has 0 aromatic heterocycles. The first-order valence-corrected chi connectivity index (χ1v) is 11.5. The van der Waals surface area contributed by atoms with Crippen LogP contribution in [0.1, 0.15) is 22.6 Å². The van der Waals surface area contributed by atoms with E-state index in [9.17, 15) is 10.1 Å². The smallest absolute Gasteiger partial charge is 0.407 e. The molecule has 1 amide bonds. The first-order valence-electron chi connectivity index (χ1n) is 11.2. The standard InChI is InChI=1S/C27H23ClF2N2O5/c1-34-13-17-22-20(37-27(17,14-32-26(33)36-3)16-7-5-4-6-8-16)11-18(29)24(28)23(22)21-15(12-31)9-10-19(35-2)25(21)30/h4-11,17H,13-14H2,1-3H3,(H,32,33). The lowest BCUT2D eigenvalue weighted by Gasteiger charge is -2.35. The summed E-state index contributed by atoms with van der Waals surface area (Å²) in [6.07, 6.45) is -0.707. The fourth-order valence-corrected chi connectivity index (χ4v) is 5.00. The van der Waals surface area contributed by atoms with Gasteiger partial charge < -0.3 is 24.3 Å². The monoisotopic (exact) mass is 528 g/mol. The number of nitriles is 1. The largest absolute Gasteiger partial charge is 0.494 e. The van der Waals surface area contributed by atoms with E-state index in [0.29, 0.717) is 11.1 Å². The number of carbonyl (C=O) groups excluding carboxylic acids is 1. The number of ether oxygens (including phenoxy) is 4. The molecule has 2 unspecified atom stereocenters. The van der Waals surface area contributed by atoms with E-state index in [4.69, 9.17) is 30.5 Å². The van der Waals surface area contributed by atoms with E-state index in [1.165, 1.54) is 33.5 Å². The van der Waals surface area contributed by atoms with Crippen LogP contribution in [0, 0.1) is 23.0 Å². The van der Waals surface area contributed by atoms with Crippen LogP contribution in [0.3, 0.4) is 0 Å². The summed E-state index contributed by atoms with van der Waals surface area (Å²) in [6.45, 7) is -0.0794. The van der Waals surface area contributed by atoms with E-state index < -0.39 is 34.3 Å². The summed E-state index contributed by atoms with van der Waals surface area (Å²) in [7, 11) is 3.98. The van der Waals surface area contributed by atoms with E-state index >= 15 is 8.78 Å². The molecular formula is C27H23ClF2N2O5. The van der Waals surface area contributed by atoms with E-state index in [1.54, 1.807) is 24.3 Å². The quantitative estimate of drug-likeness (QED) is 0.433. The molecule has 0 aliphatic carbocycles. The van der Waals surface area contributed by atoms with Gasteiger partial charge in [-0.3, -0.25) is 0 Å². The summed E-state index contributed by atoms with van der Waals surface area (Å²) in [4.78, 5) is 12.1. The minimum atomic E-state index is -1.32. The predicted octanol–water partition coefficient (Wildman–Crippen LogP) is 5.54. The van der Waals surface area contributed by atoms with Crippen molar-refractivity contribution in [2.75, 3.05) is 34.5 Å². The lowest BCUT2D eigenvalue weighted by atomic mass is 9.76. The zero-order valence-electron chi connectivity index (χ0n) is 20.2. The Bertz CT molecular complexity index is 1380. The molecule has 0 radical (unpaired) electrons. The Hall–Kier alpha value is -3.87. The number of fused-ring (bicyclic) bond motifs is 1. The van der Waals surface area contributed by atoms with Crippen molar-refractivity contribution < 1.29 is 32.5 Å². The van der Waals surface area contributed by atoms with Crippen molar-refractivity contribution in [2.24, 2.45) is 0 Å². The van der Waals surface area contributed by atoms with Crippen LogP contribution >= 0.6 is 11.6 Å². The van der Waals surface area contributed by atoms with Crippen molar-refractivity contribution >= 4 is 17.7 Å². The molecule has 2 atom stereocenters. The van der Waals surface area contributed by atoms with Crippen LogP contribution in [-0.2, 0) is 15.1 Å². The average molecular weight is 529 g/mol. The van der Waals surface area contributed by atoms with Crippen LogP contribution in [0.2, 0.25) is 5.02 Å². The molecule has 1 aliphatic rings. The second-order valence-corrected chi connectivity index (χ2v) is 8.66. The zero-order valence-corrected chi connectivity index (χ0v) is 21.0. The number of carbonyl (C=O) groups is 1. The van der Waals surface area contributed by atoms with Crippen molar-refractivity contribution in [2.45, 2.75) is 11.5 Å². The fourth-order valence-electron chi connectivity index (χ4n) is 4.75. The van der Waals surface area contributed by atoms with Gasteiger partial charge in [0.25, 0.3) is 0 Å². The lowest BCUT2D eigenvalue weighted by molar-refractivity contribution is 0.0308. The Morgan fingerprint density at radius 3 is 2.51 bits per heavy atom. The molecule has 192 valence electrons. The van der Waals surface area contributed by atoms with Crippen molar-refractivity contribution in [3.63, 3.8) is 0 Å². The molecule has 1 aliphatic heterocycles. The van der Waals surface area contributed by atoms with Crippen LogP contribution in [0.4, 0.5) is 13.6 Å². The number of amides is 1. The summed E-state index contributed by atoms with van der Waals surface area (Å²) >= 11 is 6.48. The van der Waals surface area contributed by atoms with E-state index in [-0.39, 0.29) is 41.3 Å². The third-order valence-corrected chi connectivity index (χ3v) is 6.77. The third-order valence-electron chi connectivity index (χ3n) is 6.40. The Labute approximate surface area is 217 Å². The Kier molecular flexibility index (Phi) is 7.52. The molecule has 0 saturated carbocycles. The first kappa shape index (κ1) is 26.2. The van der Waals surface area contributed by atoms with Crippen molar-refractivity contribution in [3.8, 4) is 28.7 Å². The van der Waals surface area contributed by atoms with Crippen LogP contribution in [0.25, 0.3) is 11.1 Å². The molecule has 1 N–H and O–H groups in total. The van der Waals surface area contributed by atoms with Gasteiger partial charge in [-0.05, 0) is 17.7 Å². The van der Waals surface area contributed by atoms with E-state index in [2.05, 4.69) is 5.32 Å². The highest BCUT2D eigenvalue weighted by Gasteiger charge is 2.52. The van der Waals surface area contributed by atoms with E-state index in [1.807, 2.05) is 12.1 Å². The second kappa shape index (κ2) is 10.6. The van der Waals surface area contributed by atoms with Crippen molar-refractivity contribution in [1.29, 1.82) is 5.26 Å². The van der Waals surface area contributed by atoms with Gasteiger partial charge >= 0.3 is 6.09 Å². The number of hydrogen-bond acceptors (Lipinski definition) is 6. The highest BCUT2D eigenvalue weighted by atomic mass is 35.5. The number of rotatable bonds is 7. The molecule has 10 heteroatoms. The maximum absolute atomic E-state index is 15.7. The minimum absolute atomic E-state index is 0.0210. The topological polar surface area (TPSA) is 89.8 Å². The molecule has 0 bridgehead atoms. The summed E-state index contributed by atoms with van der Waals surface area (Å²) < 4.78 is 52.8. The van der Waals surface area contributed by atoms with Gasteiger partial charge in [0.15, 0.2) is 17.2 Å². The SMILES string of the molecule is COCC1c2c(cc(F)c(Cl)c2-c2c(C#N)ccc(OC)c2F)OC1(CNC(=O)OC)c1ccccc1. The number of halogens is 3. The predicted molar refractivity (Wildman–Crippen MR) is 132 cm³/mol. The fraction of sp³-hybridized carbons (Fsp3) is 0.259. The normalized spacial score (nSPS) is 17.9. The molecular weight excluding hydrogens is 506 g/mol. The van der Waals surface area contributed by atoms with Gasteiger partial charge in [0.2, 0.25) is 0 Å². The molecule has 3 aromatic carbocycles. The number of hydrogen-bond donors (Lipinski definition) is 1. The van der Waals surface area contributed by atoms with Crippen LogP contribution in [0.5, 0.6) is 11.5 Å². The lowest BCUT2D eigenvalue weighted by Crippen LogP contribution is -2.47. The summed E-state index contributed by atoms with van der Waals surface area (Å²) in [5, 5.41) is 12.1. The molecule has 37 heavy (non-hydrogen) atoms. The van der Waals surface area contributed by atoms with Gasteiger partial charge in [-0.15, -0.1) is 0 Å². The second-order valence-electron chi connectivity index (χ2n) is 8.29. The Morgan fingerprint density at radius 1 is 1.16 bits per heavy atom. The zero-order chi connectivity index (χ0) is 26.7. The summed E-state index contributed by atoms with van der Waals surface area (Å²) in [5.41, 5.74) is -0.707. The molecule has 4 rings (SSSR count). The number of alkyl carbamates (subject to hydrolysis) is 1. The minimum Gasteiger partial charge on any atom is -0.494 e. The third kappa shape index (κ3) is 4.43. The molecule has 0 spiro atoms. The van der Waals surface area contributed by atoms with Gasteiger partial charge in [-0.25, -0.2) is 13.6 Å². The van der Waals surface area contributed by atoms with Crippen molar-refractivity contribution in [3.05, 3.63) is 81.9 Å². The molecule has 3 aromatic rings. The maximum atomic E-state index is 15.7. The van der Waals surface area contributed by atoms with Crippen LogP contribution in [-0.4, -0.2) is 40.6 Å². The summed E-state index contributed by atoms with van der Waals surface area (Å²) in [5.74, 6) is -2.55. The van der Waals surface area contributed by atoms with Gasteiger partial charge in [0, 0.05) is 29.9 Å². The number of benzene rings is 3. The Balaban J connectivity index is 2.06. The first-order chi connectivity index (χ1) is 17.8. The van der Waals surface area contributed by atoms with Gasteiger partial charge in [-0.2, -0.15) is 5.26 Å². The van der Waals surface area contributed by atoms with Gasteiger partial charge in [-0.1, -0.05) is 41.9 Å². The maximum Gasteiger partial charge on any atom is 0.407 e. The van der Waals surface area contributed by atoms with E-state index in [0.717, 1.165) is 6.07 Å². The van der Waals surface area contributed by atoms with Crippen molar-refractivity contribution in [1.82, 2.24) is 5.32 Å². The highest BCUT2D eigenvalue weighted by molar-refractivity contribution is 6.34. The highest BCUT2D eigenvalue weighted by Crippen LogP contribution is 2.56. The molecule has 0 saturated heterocycles. The molecule has 1 heterocycles. The molecule has 7 nitrogen and oxygen atoms in total. The van der Waals surface area contributed by atoms with Gasteiger partial charge in [0.1, 0.15) is 11.6 Å². The Morgan fingerprint density at radius 2 is 1.89 bits per heavy atom. The van der Waals surface area contributed by atoms with Gasteiger partial charge in [0.05, 0.1) is 49.9 Å². The number of nitrogens with one attached hydrogen (secondary N) is 1. The summed E-state index contributed by atoms with van der Waals surface area (Å²) in [6, 6.07) is 14.7. The van der Waals surface area contributed by atoms with Crippen LogP contribution < -0.4 is 14.8 Å². The van der Waals surface area contributed by atoms with Crippen LogP contribution in [0.15, 0.2) is 48.5 Å².